The second kappa shape index (κ2) is 9.10. The van der Waals surface area contributed by atoms with Gasteiger partial charge in [0.2, 0.25) is 5.91 Å². The summed E-state index contributed by atoms with van der Waals surface area (Å²) in [4.78, 5) is 28.5. The number of carbonyl (C=O) groups excluding carboxylic acids is 2. The molecule has 0 fully saturated rings. The van der Waals surface area contributed by atoms with Gasteiger partial charge in [-0.15, -0.1) is 0 Å². The van der Waals surface area contributed by atoms with E-state index < -0.39 is 5.41 Å². The van der Waals surface area contributed by atoms with E-state index in [9.17, 15) is 9.59 Å². The minimum atomic E-state index is -0.502. The lowest BCUT2D eigenvalue weighted by Gasteiger charge is -2.28. The van der Waals surface area contributed by atoms with Crippen molar-refractivity contribution in [3.63, 3.8) is 0 Å². The van der Waals surface area contributed by atoms with Crippen molar-refractivity contribution >= 4 is 17.5 Å². The van der Waals surface area contributed by atoms with Crippen LogP contribution in [-0.2, 0) is 11.3 Å². The highest BCUT2D eigenvalue weighted by molar-refractivity contribution is 6.04. The second-order valence-electron chi connectivity index (χ2n) is 6.27. The standard InChI is InChI=1S/C20H26N4O2/c1-3-20(4-2,14-21)19(26)23-12-15-7-9-17(10-8-15)24-18(25)16-6-5-11-22-13-16/h5-11,13H,3-4,12,14,21H2,1-2H3,(H,23,26)(H,24,25). The van der Waals surface area contributed by atoms with E-state index in [0.29, 0.717) is 37.2 Å². The monoisotopic (exact) mass is 354 g/mol. The maximum absolute atomic E-state index is 12.4. The van der Waals surface area contributed by atoms with Gasteiger partial charge in [-0.1, -0.05) is 26.0 Å². The third-order valence-electron chi connectivity index (χ3n) is 4.81. The van der Waals surface area contributed by atoms with Gasteiger partial charge >= 0.3 is 0 Å². The van der Waals surface area contributed by atoms with E-state index in [4.69, 9.17) is 5.73 Å². The first-order valence-electron chi connectivity index (χ1n) is 8.83. The Balaban J connectivity index is 1.93. The largest absolute Gasteiger partial charge is 0.352 e. The quantitative estimate of drug-likeness (QED) is 0.679. The number of carbonyl (C=O) groups is 2. The van der Waals surface area contributed by atoms with E-state index in [0.717, 1.165) is 5.56 Å². The molecule has 2 amide bonds. The summed E-state index contributed by atoms with van der Waals surface area (Å²) in [7, 11) is 0. The molecule has 6 heteroatoms. The lowest BCUT2D eigenvalue weighted by Crippen LogP contribution is -2.45. The summed E-state index contributed by atoms with van der Waals surface area (Å²) in [6, 6.07) is 10.8. The number of nitrogens with two attached hydrogens (primary N) is 1. The maximum Gasteiger partial charge on any atom is 0.257 e. The van der Waals surface area contributed by atoms with Gasteiger partial charge in [0.15, 0.2) is 0 Å². The summed E-state index contributed by atoms with van der Waals surface area (Å²) in [5, 5.41) is 5.78. The Morgan fingerprint density at radius 3 is 2.35 bits per heavy atom. The zero-order chi connectivity index (χ0) is 19.0. The van der Waals surface area contributed by atoms with Crippen molar-refractivity contribution in [3.8, 4) is 0 Å². The molecule has 138 valence electrons. The van der Waals surface area contributed by atoms with Crippen molar-refractivity contribution in [2.75, 3.05) is 11.9 Å². The maximum atomic E-state index is 12.4. The van der Waals surface area contributed by atoms with E-state index in [1.807, 2.05) is 38.1 Å². The van der Waals surface area contributed by atoms with Gasteiger partial charge < -0.3 is 16.4 Å². The van der Waals surface area contributed by atoms with Crippen molar-refractivity contribution in [1.29, 1.82) is 0 Å². The molecule has 0 bridgehead atoms. The van der Waals surface area contributed by atoms with Crippen molar-refractivity contribution in [2.24, 2.45) is 11.1 Å². The molecular weight excluding hydrogens is 328 g/mol. The topological polar surface area (TPSA) is 97.1 Å². The minimum Gasteiger partial charge on any atom is -0.352 e. The number of anilines is 1. The molecule has 2 aromatic rings. The average molecular weight is 354 g/mol. The Kier molecular flexibility index (Phi) is 6.86. The van der Waals surface area contributed by atoms with Crippen LogP contribution in [0.5, 0.6) is 0 Å². The van der Waals surface area contributed by atoms with E-state index in [-0.39, 0.29) is 11.8 Å². The number of nitrogens with zero attached hydrogens (tertiary/aromatic N) is 1. The summed E-state index contributed by atoms with van der Waals surface area (Å²) >= 11 is 0. The fraction of sp³-hybridized carbons (Fsp3) is 0.350. The number of hydrogen-bond donors (Lipinski definition) is 3. The Labute approximate surface area is 154 Å². The molecule has 0 spiro atoms. The molecule has 1 aromatic carbocycles. The molecule has 0 aliphatic heterocycles. The van der Waals surface area contributed by atoms with Gasteiger partial charge in [-0.05, 0) is 42.7 Å². The van der Waals surface area contributed by atoms with Crippen LogP contribution in [0.15, 0.2) is 48.8 Å². The Morgan fingerprint density at radius 2 is 1.81 bits per heavy atom. The highest BCUT2D eigenvalue weighted by atomic mass is 16.2. The third-order valence-corrected chi connectivity index (χ3v) is 4.81. The number of amides is 2. The fourth-order valence-electron chi connectivity index (χ4n) is 2.73. The zero-order valence-electron chi connectivity index (χ0n) is 15.3. The van der Waals surface area contributed by atoms with Crippen molar-refractivity contribution in [3.05, 3.63) is 59.9 Å². The normalized spacial score (nSPS) is 11.0. The highest BCUT2D eigenvalue weighted by Gasteiger charge is 2.32. The molecule has 6 nitrogen and oxygen atoms in total. The number of benzene rings is 1. The molecule has 2 rings (SSSR count). The summed E-state index contributed by atoms with van der Waals surface area (Å²) in [6.45, 7) is 4.73. The molecule has 0 saturated heterocycles. The smallest absolute Gasteiger partial charge is 0.257 e. The molecular formula is C20H26N4O2. The molecule has 0 unspecified atom stereocenters. The van der Waals surface area contributed by atoms with Crippen LogP contribution >= 0.6 is 0 Å². The molecule has 4 N–H and O–H groups in total. The highest BCUT2D eigenvalue weighted by Crippen LogP contribution is 2.25. The van der Waals surface area contributed by atoms with Crippen LogP contribution in [-0.4, -0.2) is 23.3 Å². The van der Waals surface area contributed by atoms with Crippen LogP contribution < -0.4 is 16.4 Å². The van der Waals surface area contributed by atoms with Gasteiger partial charge in [-0.3, -0.25) is 14.6 Å². The number of rotatable bonds is 8. The SMILES string of the molecule is CCC(CC)(CN)C(=O)NCc1ccc(NC(=O)c2cccnc2)cc1. The Hall–Kier alpha value is -2.73. The van der Waals surface area contributed by atoms with Gasteiger partial charge in [0.1, 0.15) is 0 Å². The summed E-state index contributed by atoms with van der Waals surface area (Å²) in [5.41, 5.74) is 7.45. The Bertz CT molecular complexity index is 717. The molecule has 1 heterocycles. The van der Waals surface area contributed by atoms with E-state index in [2.05, 4.69) is 15.6 Å². The van der Waals surface area contributed by atoms with Gasteiger partial charge in [0.25, 0.3) is 5.91 Å². The molecule has 0 aliphatic carbocycles. The lowest BCUT2D eigenvalue weighted by molar-refractivity contribution is -0.131. The fourth-order valence-corrected chi connectivity index (χ4v) is 2.73. The Morgan fingerprint density at radius 1 is 1.12 bits per heavy atom. The number of nitrogens with one attached hydrogen (secondary N) is 2. The summed E-state index contributed by atoms with van der Waals surface area (Å²) in [6.07, 6.45) is 4.57. The molecule has 26 heavy (non-hydrogen) atoms. The van der Waals surface area contributed by atoms with E-state index in [1.54, 1.807) is 18.3 Å². The van der Waals surface area contributed by atoms with Gasteiger partial charge in [0.05, 0.1) is 11.0 Å². The summed E-state index contributed by atoms with van der Waals surface area (Å²) in [5.74, 6) is -0.225. The predicted octanol–water partition coefficient (Wildman–Crippen LogP) is 2.72. The van der Waals surface area contributed by atoms with Crippen molar-refractivity contribution in [1.82, 2.24) is 10.3 Å². The second-order valence-corrected chi connectivity index (χ2v) is 6.27. The van der Waals surface area contributed by atoms with Gasteiger partial charge in [-0.25, -0.2) is 0 Å². The van der Waals surface area contributed by atoms with Crippen molar-refractivity contribution in [2.45, 2.75) is 33.2 Å². The van der Waals surface area contributed by atoms with Gasteiger partial charge in [-0.2, -0.15) is 0 Å². The molecule has 0 atom stereocenters. The van der Waals surface area contributed by atoms with Crippen LogP contribution in [0.4, 0.5) is 5.69 Å². The first-order chi connectivity index (χ1) is 12.5. The van der Waals surface area contributed by atoms with Crippen LogP contribution in [0.2, 0.25) is 0 Å². The van der Waals surface area contributed by atoms with Crippen LogP contribution in [0, 0.1) is 5.41 Å². The lowest BCUT2D eigenvalue weighted by atomic mass is 9.81. The first-order valence-corrected chi connectivity index (χ1v) is 8.83. The van der Waals surface area contributed by atoms with Crippen LogP contribution in [0.3, 0.4) is 0 Å². The third kappa shape index (κ3) is 4.67. The predicted molar refractivity (Wildman–Crippen MR) is 103 cm³/mol. The minimum absolute atomic E-state index is 0.0149. The van der Waals surface area contributed by atoms with Crippen LogP contribution in [0.1, 0.15) is 42.6 Å². The van der Waals surface area contributed by atoms with E-state index in [1.165, 1.54) is 6.20 Å². The zero-order valence-corrected chi connectivity index (χ0v) is 15.3. The number of hydrogen-bond acceptors (Lipinski definition) is 4. The molecule has 1 aromatic heterocycles. The van der Waals surface area contributed by atoms with Gasteiger partial charge in [0, 0.05) is 31.2 Å². The van der Waals surface area contributed by atoms with Crippen LogP contribution in [0.25, 0.3) is 0 Å². The van der Waals surface area contributed by atoms with E-state index >= 15 is 0 Å². The number of pyridine rings is 1. The van der Waals surface area contributed by atoms with Crippen molar-refractivity contribution < 1.29 is 9.59 Å². The first kappa shape index (κ1) is 19.6. The average Bonchev–Trinajstić information content (AvgIpc) is 2.70. The molecule has 0 radical (unpaired) electrons. The molecule has 0 saturated carbocycles. The summed E-state index contributed by atoms with van der Waals surface area (Å²) < 4.78 is 0. The molecule has 0 aliphatic rings. The number of aromatic nitrogens is 1.